The summed E-state index contributed by atoms with van der Waals surface area (Å²) in [6.07, 6.45) is 5.91. The van der Waals surface area contributed by atoms with Gasteiger partial charge in [-0.2, -0.15) is 5.26 Å². The van der Waals surface area contributed by atoms with Gasteiger partial charge in [0.15, 0.2) is 5.82 Å². The number of aromatic nitrogens is 3. The van der Waals surface area contributed by atoms with Gasteiger partial charge in [-0.3, -0.25) is 14.7 Å². The van der Waals surface area contributed by atoms with Crippen molar-refractivity contribution in [2.24, 2.45) is 0 Å². The van der Waals surface area contributed by atoms with Crippen molar-refractivity contribution in [3.63, 3.8) is 0 Å². The third-order valence-corrected chi connectivity index (χ3v) is 5.45. The minimum atomic E-state index is -0.295. The topological polar surface area (TPSA) is 113 Å². The monoisotopic (exact) mass is 403 g/mol. The smallest absolute Gasteiger partial charge is 0.280 e. The summed E-state index contributed by atoms with van der Waals surface area (Å²) in [4.78, 5) is 29.6. The SMILES string of the molecule is COCC1(NC(=O)c2ccc(-n3[nH]cc(-c4ccc(C#N)cc4)c3=O)nc2)CCC1. The maximum absolute atomic E-state index is 12.8. The molecule has 152 valence electrons. The number of carbonyl (C=O) groups is 1. The van der Waals surface area contributed by atoms with Gasteiger partial charge in [-0.15, -0.1) is 0 Å². The molecule has 0 unspecified atom stereocenters. The third kappa shape index (κ3) is 3.63. The van der Waals surface area contributed by atoms with Crippen LogP contribution in [0.3, 0.4) is 0 Å². The molecule has 2 aromatic heterocycles. The summed E-state index contributed by atoms with van der Waals surface area (Å²) in [5.41, 5.74) is 1.56. The lowest BCUT2D eigenvalue weighted by Crippen LogP contribution is -2.56. The van der Waals surface area contributed by atoms with E-state index in [1.807, 2.05) is 0 Å². The van der Waals surface area contributed by atoms with E-state index in [4.69, 9.17) is 10.00 Å². The zero-order valence-electron chi connectivity index (χ0n) is 16.5. The molecule has 2 heterocycles. The lowest BCUT2D eigenvalue weighted by atomic mass is 9.77. The van der Waals surface area contributed by atoms with Crippen LogP contribution in [-0.4, -0.2) is 39.9 Å². The molecule has 1 fully saturated rings. The van der Waals surface area contributed by atoms with E-state index in [1.165, 1.54) is 10.9 Å². The van der Waals surface area contributed by atoms with E-state index in [1.54, 1.807) is 49.7 Å². The molecule has 1 aromatic carbocycles. The van der Waals surface area contributed by atoms with E-state index in [0.717, 1.165) is 19.3 Å². The van der Waals surface area contributed by atoms with E-state index in [-0.39, 0.29) is 17.0 Å². The number of aromatic amines is 1. The number of nitriles is 1. The summed E-state index contributed by atoms with van der Waals surface area (Å²) < 4.78 is 6.55. The highest BCUT2D eigenvalue weighted by molar-refractivity contribution is 5.94. The van der Waals surface area contributed by atoms with Crippen molar-refractivity contribution in [2.45, 2.75) is 24.8 Å². The van der Waals surface area contributed by atoms with Gasteiger partial charge in [0.1, 0.15) is 0 Å². The van der Waals surface area contributed by atoms with Gasteiger partial charge in [-0.1, -0.05) is 12.1 Å². The average Bonchev–Trinajstić information content (AvgIpc) is 3.13. The van der Waals surface area contributed by atoms with Crippen LogP contribution in [0, 0.1) is 11.3 Å². The van der Waals surface area contributed by atoms with E-state index in [9.17, 15) is 9.59 Å². The molecule has 1 aliphatic carbocycles. The van der Waals surface area contributed by atoms with Crippen molar-refractivity contribution >= 4 is 5.91 Å². The first-order chi connectivity index (χ1) is 14.5. The summed E-state index contributed by atoms with van der Waals surface area (Å²) >= 11 is 0. The number of hydrogen-bond acceptors (Lipinski definition) is 5. The summed E-state index contributed by atoms with van der Waals surface area (Å²) in [7, 11) is 1.63. The van der Waals surface area contributed by atoms with Gasteiger partial charge in [0, 0.05) is 19.5 Å². The number of rotatable bonds is 6. The number of nitrogens with one attached hydrogen (secondary N) is 2. The Labute approximate surface area is 173 Å². The Balaban J connectivity index is 1.53. The standard InChI is InChI=1S/C22H21N5O3/c1-30-14-22(9-2-10-22)26-20(28)17-7-8-19(24-12-17)27-21(29)18(13-25-27)16-5-3-15(11-23)4-6-16/h3-8,12-13,25H,2,9-10,14H2,1H3,(H,26,28). The number of hydrogen-bond donors (Lipinski definition) is 2. The molecule has 30 heavy (non-hydrogen) atoms. The first-order valence-corrected chi connectivity index (χ1v) is 9.64. The van der Waals surface area contributed by atoms with Crippen LogP contribution in [0.1, 0.15) is 35.2 Å². The van der Waals surface area contributed by atoms with Crippen molar-refractivity contribution in [1.82, 2.24) is 20.1 Å². The second-order valence-electron chi connectivity index (χ2n) is 7.44. The lowest BCUT2D eigenvalue weighted by Gasteiger charge is -2.41. The fourth-order valence-electron chi connectivity index (χ4n) is 3.62. The zero-order valence-corrected chi connectivity index (χ0v) is 16.5. The van der Waals surface area contributed by atoms with Gasteiger partial charge in [-0.25, -0.2) is 9.67 Å². The average molecular weight is 403 g/mol. The van der Waals surface area contributed by atoms with Crippen LogP contribution in [-0.2, 0) is 4.74 Å². The quantitative estimate of drug-likeness (QED) is 0.656. The number of H-pyrrole nitrogens is 1. The molecule has 1 aliphatic rings. The first-order valence-electron chi connectivity index (χ1n) is 9.64. The molecule has 0 saturated heterocycles. The van der Waals surface area contributed by atoms with Crippen LogP contribution < -0.4 is 10.9 Å². The second kappa shape index (κ2) is 7.97. The highest BCUT2D eigenvalue weighted by Crippen LogP contribution is 2.32. The lowest BCUT2D eigenvalue weighted by molar-refractivity contribution is 0.0476. The molecule has 0 bridgehead atoms. The van der Waals surface area contributed by atoms with Crippen LogP contribution >= 0.6 is 0 Å². The van der Waals surface area contributed by atoms with Gasteiger partial charge in [-0.05, 0) is 49.1 Å². The zero-order chi connectivity index (χ0) is 21.1. The molecular weight excluding hydrogens is 382 g/mol. The summed E-state index contributed by atoms with van der Waals surface area (Å²) in [5.74, 6) is 0.176. The third-order valence-electron chi connectivity index (χ3n) is 5.45. The number of pyridine rings is 1. The first kappa shape index (κ1) is 19.6. The van der Waals surface area contributed by atoms with Crippen molar-refractivity contribution in [1.29, 1.82) is 5.26 Å². The van der Waals surface area contributed by atoms with Crippen molar-refractivity contribution in [2.75, 3.05) is 13.7 Å². The molecule has 1 saturated carbocycles. The van der Waals surface area contributed by atoms with Gasteiger partial charge in [0.25, 0.3) is 11.5 Å². The molecule has 0 radical (unpaired) electrons. The fraction of sp³-hybridized carbons (Fsp3) is 0.273. The molecule has 0 aliphatic heterocycles. The highest BCUT2D eigenvalue weighted by Gasteiger charge is 2.38. The minimum Gasteiger partial charge on any atom is -0.382 e. The van der Waals surface area contributed by atoms with Crippen molar-refractivity contribution in [3.8, 4) is 23.0 Å². The van der Waals surface area contributed by atoms with E-state index >= 15 is 0 Å². The molecule has 0 spiro atoms. The molecule has 0 atom stereocenters. The van der Waals surface area contributed by atoms with Crippen LogP contribution in [0.5, 0.6) is 0 Å². The Morgan fingerprint density at radius 1 is 1.30 bits per heavy atom. The predicted molar refractivity (Wildman–Crippen MR) is 110 cm³/mol. The Morgan fingerprint density at radius 2 is 2.07 bits per heavy atom. The van der Waals surface area contributed by atoms with Crippen molar-refractivity contribution < 1.29 is 9.53 Å². The molecule has 1 amide bonds. The largest absolute Gasteiger partial charge is 0.382 e. The van der Waals surface area contributed by atoms with E-state index < -0.39 is 0 Å². The number of amides is 1. The maximum Gasteiger partial charge on any atom is 0.280 e. The Hall–Kier alpha value is -3.70. The fourth-order valence-corrected chi connectivity index (χ4v) is 3.62. The molecular formula is C22H21N5O3. The number of benzene rings is 1. The van der Waals surface area contributed by atoms with Crippen LogP contribution in [0.4, 0.5) is 0 Å². The molecule has 8 heteroatoms. The van der Waals surface area contributed by atoms with Crippen LogP contribution in [0.15, 0.2) is 53.6 Å². The summed E-state index contributed by atoms with van der Waals surface area (Å²) in [5, 5.41) is 14.9. The Bertz CT molecular complexity index is 1150. The minimum absolute atomic E-state index is 0.206. The molecule has 3 aromatic rings. The summed E-state index contributed by atoms with van der Waals surface area (Å²) in [6.45, 7) is 0.486. The maximum atomic E-state index is 12.8. The van der Waals surface area contributed by atoms with Gasteiger partial charge < -0.3 is 10.1 Å². The molecule has 8 nitrogen and oxygen atoms in total. The van der Waals surface area contributed by atoms with Crippen LogP contribution in [0.2, 0.25) is 0 Å². The van der Waals surface area contributed by atoms with Gasteiger partial charge >= 0.3 is 0 Å². The summed E-state index contributed by atoms with van der Waals surface area (Å²) in [6, 6.07) is 12.1. The van der Waals surface area contributed by atoms with E-state index in [2.05, 4.69) is 21.5 Å². The highest BCUT2D eigenvalue weighted by atomic mass is 16.5. The molecule has 4 rings (SSSR count). The van der Waals surface area contributed by atoms with Gasteiger partial charge in [0.2, 0.25) is 0 Å². The van der Waals surface area contributed by atoms with Crippen LogP contribution in [0.25, 0.3) is 16.9 Å². The number of nitrogens with zero attached hydrogens (tertiary/aromatic N) is 3. The normalized spacial score (nSPS) is 14.5. The number of methoxy groups -OCH3 is 1. The number of ether oxygens (including phenoxy) is 1. The second-order valence-corrected chi connectivity index (χ2v) is 7.44. The van der Waals surface area contributed by atoms with Crippen molar-refractivity contribution in [3.05, 3.63) is 70.3 Å². The van der Waals surface area contributed by atoms with E-state index in [0.29, 0.717) is 34.7 Å². The van der Waals surface area contributed by atoms with Gasteiger partial charge in [0.05, 0.1) is 34.9 Å². The number of carbonyl (C=O) groups excluding carboxylic acids is 1. The Morgan fingerprint density at radius 3 is 2.63 bits per heavy atom. The molecule has 2 N–H and O–H groups in total. The predicted octanol–water partition coefficient (Wildman–Crippen LogP) is 2.40. The Kier molecular flexibility index (Phi) is 5.21.